The molecule has 9 heteroatoms. The van der Waals surface area contributed by atoms with Gasteiger partial charge in [0.2, 0.25) is 15.9 Å². The SMILES string of the molecule is COc1cc(C)c(NC(C)C(=O)Nc2ccc(S(N)(=O)=O)cc2)cc1OC. The quantitative estimate of drug-likeness (QED) is 0.663. The Balaban J connectivity index is 2.10. The molecule has 8 nitrogen and oxygen atoms in total. The summed E-state index contributed by atoms with van der Waals surface area (Å²) >= 11 is 0. The fourth-order valence-corrected chi connectivity index (χ4v) is 2.93. The van der Waals surface area contributed by atoms with Gasteiger partial charge in [-0.25, -0.2) is 13.6 Å². The Kier molecular flexibility index (Phi) is 6.29. The summed E-state index contributed by atoms with van der Waals surface area (Å²) in [6, 6.07) is 8.65. The van der Waals surface area contributed by atoms with E-state index in [-0.39, 0.29) is 10.8 Å². The maximum absolute atomic E-state index is 12.4. The summed E-state index contributed by atoms with van der Waals surface area (Å²) < 4.78 is 33.1. The maximum Gasteiger partial charge on any atom is 0.246 e. The second-order valence-corrected chi connectivity index (χ2v) is 7.51. The molecule has 0 aliphatic rings. The van der Waals surface area contributed by atoms with Gasteiger partial charge in [-0.05, 0) is 49.7 Å². The first-order valence-corrected chi connectivity index (χ1v) is 9.63. The molecule has 0 aromatic heterocycles. The van der Waals surface area contributed by atoms with Gasteiger partial charge < -0.3 is 20.1 Å². The standard InChI is InChI=1S/C18H23N3O5S/c1-11-9-16(25-3)17(26-4)10-15(11)20-12(2)18(22)21-13-5-7-14(8-6-13)27(19,23)24/h5-10,12,20H,1-4H3,(H,21,22)(H2,19,23,24). The van der Waals surface area contributed by atoms with Crippen LogP contribution in [0.1, 0.15) is 12.5 Å². The number of aryl methyl sites for hydroxylation is 1. The third kappa shape index (κ3) is 5.11. The molecule has 0 spiro atoms. The number of nitrogens with one attached hydrogen (secondary N) is 2. The Bertz CT molecular complexity index is 927. The van der Waals surface area contributed by atoms with Gasteiger partial charge in [0.1, 0.15) is 6.04 Å². The highest BCUT2D eigenvalue weighted by atomic mass is 32.2. The molecule has 2 aromatic carbocycles. The van der Waals surface area contributed by atoms with E-state index in [4.69, 9.17) is 14.6 Å². The van der Waals surface area contributed by atoms with Crippen molar-refractivity contribution in [2.75, 3.05) is 24.9 Å². The van der Waals surface area contributed by atoms with Gasteiger partial charge in [-0.1, -0.05) is 0 Å². The van der Waals surface area contributed by atoms with Crippen molar-refractivity contribution >= 4 is 27.3 Å². The van der Waals surface area contributed by atoms with Crippen molar-refractivity contribution in [3.8, 4) is 11.5 Å². The molecule has 0 fully saturated rings. The van der Waals surface area contributed by atoms with Gasteiger partial charge in [-0.15, -0.1) is 0 Å². The number of sulfonamides is 1. The first kappa shape index (κ1) is 20.5. The zero-order valence-corrected chi connectivity index (χ0v) is 16.4. The van der Waals surface area contributed by atoms with Crippen molar-refractivity contribution in [3.63, 3.8) is 0 Å². The number of hydrogen-bond acceptors (Lipinski definition) is 6. The van der Waals surface area contributed by atoms with Crippen LogP contribution in [0.15, 0.2) is 41.3 Å². The first-order valence-electron chi connectivity index (χ1n) is 8.08. The molecular formula is C18H23N3O5S. The first-order chi connectivity index (χ1) is 12.7. The van der Waals surface area contributed by atoms with Crippen LogP contribution in [0.3, 0.4) is 0 Å². The molecule has 4 N–H and O–H groups in total. The molecule has 0 aliphatic heterocycles. The predicted molar refractivity (Wildman–Crippen MR) is 104 cm³/mol. The van der Waals surface area contributed by atoms with E-state index in [1.807, 2.05) is 13.0 Å². The van der Waals surface area contributed by atoms with Crippen molar-refractivity contribution in [2.45, 2.75) is 24.8 Å². The lowest BCUT2D eigenvalue weighted by molar-refractivity contribution is -0.116. The van der Waals surface area contributed by atoms with Crippen LogP contribution >= 0.6 is 0 Å². The molecular weight excluding hydrogens is 370 g/mol. The third-order valence-corrected chi connectivity index (χ3v) is 4.88. The molecule has 0 saturated heterocycles. The van der Waals surface area contributed by atoms with E-state index in [9.17, 15) is 13.2 Å². The van der Waals surface area contributed by atoms with Crippen LogP contribution in [0.25, 0.3) is 0 Å². The lowest BCUT2D eigenvalue weighted by Crippen LogP contribution is -2.32. The minimum absolute atomic E-state index is 0.0207. The molecule has 0 saturated carbocycles. The lowest BCUT2D eigenvalue weighted by atomic mass is 10.1. The molecule has 1 unspecified atom stereocenters. The summed E-state index contributed by atoms with van der Waals surface area (Å²) in [5, 5.41) is 10.9. The van der Waals surface area contributed by atoms with Gasteiger partial charge in [-0.2, -0.15) is 0 Å². The van der Waals surface area contributed by atoms with Crippen LogP contribution in [0.2, 0.25) is 0 Å². The highest BCUT2D eigenvalue weighted by molar-refractivity contribution is 7.89. The number of ether oxygens (including phenoxy) is 2. The zero-order chi connectivity index (χ0) is 20.2. The van der Waals surface area contributed by atoms with Crippen LogP contribution in [-0.4, -0.2) is 34.6 Å². The number of anilines is 2. The molecule has 0 bridgehead atoms. The number of primary sulfonamides is 1. The lowest BCUT2D eigenvalue weighted by Gasteiger charge is -2.19. The molecule has 1 atom stereocenters. The van der Waals surface area contributed by atoms with Crippen molar-refractivity contribution in [2.24, 2.45) is 5.14 Å². The van der Waals surface area contributed by atoms with Crippen LogP contribution in [0.5, 0.6) is 11.5 Å². The number of rotatable bonds is 7. The second kappa shape index (κ2) is 8.28. The number of nitrogens with two attached hydrogens (primary N) is 1. The number of methoxy groups -OCH3 is 2. The van der Waals surface area contributed by atoms with E-state index in [2.05, 4.69) is 10.6 Å². The van der Waals surface area contributed by atoms with Crippen molar-refractivity contribution in [1.82, 2.24) is 0 Å². The Morgan fingerprint density at radius 3 is 2.15 bits per heavy atom. The molecule has 2 rings (SSSR count). The monoisotopic (exact) mass is 393 g/mol. The van der Waals surface area contributed by atoms with Gasteiger partial charge in [0.15, 0.2) is 11.5 Å². The van der Waals surface area contributed by atoms with E-state index in [0.29, 0.717) is 17.2 Å². The van der Waals surface area contributed by atoms with E-state index in [0.717, 1.165) is 11.3 Å². The molecule has 0 radical (unpaired) electrons. The number of hydrogen-bond donors (Lipinski definition) is 3. The summed E-state index contributed by atoms with van der Waals surface area (Å²) in [4.78, 5) is 12.4. The van der Waals surface area contributed by atoms with Crippen molar-refractivity contribution in [3.05, 3.63) is 42.0 Å². The summed E-state index contributed by atoms with van der Waals surface area (Å²) in [5.74, 6) is 0.872. The second-order valence-electron chi connectivity index (χ2n) is 5.95. The molecule has 146 valence electrons. The Morgan fingerprint density at radius 2 is 1.63 bits per heavy atom. The van der Waals surface area contributed by atoms with Gasteiger partial charge in [0.25, 0.3) is 0 Å². The Labute approximate surface area is 158 Å². The molecule has 1 amide bonds. The highest BCUT2D eigenvalue weighted by Gasteiger charge is 2.16. The number of benzene rings is 2. The smallest absolute Gasteiger partial charge is 0.246 e. The maximum atomic E-state index is 12.4. The fraction of sp³-hybridized carbons (Fsp3) is 0.278. The van der Waals surface area contributed by atoms with E-state index in [1.54, 1.807) is 20.1 Å². The summed E-state index contributed by atoms with van der Waals surface area (Å²) in [5.41, 5.74) is 2.09. The number of amides is 1. The van der Waals surface area contributed by atoms with E-state index >= 15 is 0 Å². The normalized spacial score (nSPS) is 12.2. The van der Waals surface area contributed by atoms with E-state index < -0.39 is 16.1 Å². The van der Waals surface area contributed by atoms with Crippen molar-refractivity contribution in [1.29, 1.82) is 0 Å². The topological polar surface area (TPSA) is 120 Å². The van der Waals surface area contributed by atoms with Gasteiger partial charge in [0, 0.05) is 17.4 Å². The molecule has 27 heavy (non-hydrogen) atoms. The largest absolute Gasteiger partial charge is 0.493 e. The summed E-state index contributed by atoms with van der Waals surface area (Å²) in [7, 11) is -0.672. The average Bonchev–Trinajstić information content (AvgIpc) is 2.62. The highest BCUT2D eigenvalue weighted by Crippen LogP contribution is 2.33. The summed E-state index contributed by atoms with van der Waals surface area (Å²) in [6.07, 6.45) is 0. The Morgan fingerprint density at radius 1 is 1.07 bits per heavy atom. The molecule has 0 heterocycles. The molecule has 2 aromatic rings. The number of carbonyl (C=O) groups excluding carboxylic acids is 1. The Hall–Kier alpha value is -2.78. The number of carbonyl (C=O) groups is 1. The van der Waals surface area contributed by atoms with Gasteiger partial charge in [0.05, 0.1) is 19.1 Å². The van der Waals surface area contributed by atoms with Gasteiger partial charge >= 0.3 is 0 Å². The van der Waals surface area contributed by atoms with Crippen LogP contribution in [-0.2, 0) is 14.8 Å². The van der Waals surface area contributed by atoms with Crippen LogP contribution < -0.4 is 25.2 Å². The van der Waals surface area contributed by atoms with Crippen molar-refractivity contribution < 1.29 is 22.7 Å². The van der Waals surface area contributed by atoms with Gasteiger partial charge in [-0.3, -0.25) is 4.79 Å². The van der Waals surface area contributed by atoms with Crippen LogP contribution in [0.4, 0.5) is 11.4 Å². The fourth-order valence-electron chi connectivity index (χ4n) is 2.41. The van der Waals surface area contributed by atoms with E-state index in [1.165, 1.54) is 31.4 Å². The minimum Gasteiger partial charge on any atom is -0.493 e. The third-order valence-electron chi connectivity index (χ3n) is 3.95. The predicted octanol–water partition coefficient (Wildman–Crippen LogP) is 2.10. The van der Waals surface area contributed by atoms with Crippen LogP contribution in [0, 0.1) is 6.92 Å². The average molecular weight is 393 g/mol. The molecule has 0 aliphatic carbocycles. The summed E-state index contributed by atoms with van der Waals surface area (Å²) in [6.45, 7) is 3.60. The minimum atomic E-state index is -3.77. The zero-order valence-electron chi connectivity index (χ0n) is 15.6.